The number of alkyl halides is 3. The van der Waals surface area contributed by atoms with Crippen molar-refractivity contribution in [3.63, 3.8) is 0 Å². The molecule has 0 unspecified atom stereocenters. The number of carboxylic acids is 1. The third-order valence-electron chi connectivity index (χ3n) is 1.24. The summed E-state index contributed by atoms with van der Waals surface area (Å²) in [5.74, 6) is -2.09. The Labute approximate surface area is 80.7 Å². The molecule has 0 aliphatic rings. The van der Waals surface area contributed by atoms with E-state index in [1.807, 2.05) is 0 Å². The molecule has 0 bridgehead atoms. The number of rotatable bonds is 2. The molecule has 1 aromatic rings. The lowest BCUT2D eigenvalue weighted by Crippen LogP contribution is -2.18. The van der Waals surface area contributed by atoms with Crippen molar-refractivity contribution in [2.75, 3.05) is 0 Å². The van der Waals surface area contributed by atoms with Crippen molar-refractivity contribution in [2.45, 2.75) is 13.3 Å². The topological polar surface area (TPSA) is 46.5 Å². The van der Waals surface area contributed by atoms with Gasteiger partial charge in [-0.1, -0.05) is 0 Å². The van der Waals surface area contributed by atoms with Gasteiger partial charge in [0.25, 0.3) is 0 Å². The van der Waals surface area contributed by atoms with Gasteiger partial charge >= 0.3 is 12.3 Å². The number of hydrogen-bond donors (Lipinski definition) is 1. The minimum atomic E-state index is -4.86. The Hall–Kier alpha value is -1.24. The smallest absolute Gasteiger partial charge is 0.477 e. The molecule has 1 rings (SSSR count). The van der Waals surface area contributed by atoms with Crippen molar-refractivity contribution in [1.29, 1.82) is 0 Å². The number of aromatic carboxylic acids is 1. The van der Waals surface area contributed by atoms with E-state index < -0.39 is 23.0 Å². The third kappa shape index (κ3) is 2.63. The van der Waals surface area contributed by atoms with Crippen LogP contribution in [0.1, 0.15) is 14.5 Å². The average Bonchev–Trinajstić information content (AvgIpc) is 2.27. The molecule has 1 N–H and O–H groups in total. The molecule has 0 aromatic carbocycles. The van der Waals surface area contributed by atoms with E-state index in [4.69, 9.17) is 5.11 Å². The van der Waals surface area contributed by atoms with Crippen LogP contribution in [0.3, 0.4) is 0 Å². The zero-order chi connectivity index (χ0) is 10.9. The van der Waals surface area contributed by atoms with Gasteiger partial charge in [-0.05, 0) is 13.0 Å². The zero-order valence-electron chi connectivity index (χ0n) is 6.88. The number of aryl methyl sites for hydroxylation is 1. The molecular formula is C7H5F3O3S. The summed E-state index contributed by atoms with van der Waals surface area (Å²) in [6.07, 6.45) is -4.86. The Kier molecular flexibility index (Phi) is 2.70. The van der Waals surface area contributed by atoms with Gasteiger partial charge in [0.2, 0.25) is 0 Å². The van der Waals surface area contributed by atoms with E-state index in [0.717, 1.165) is 17.4 Å². The predicted octanol–water partition coefficient (Wildman–Crippen LogP) is 2.65. The van der Waals surface area contributed by atoms with Crippen molar-refractivity contribution in [3.8, 4) is 5.75 Å². The van der Waals surface area contributed by atoms with E-state index >= 15 is 0 Å². The first-order valence-corrected chi connectivity index (χ1v) is 4.21. The molecule has 0 atom stereocenters. The summed E-state index contributed by atoms with van der Waals surface area (Å²) < 4.78 is 38.9. The maximum Gasteiger partial charge on any atom is 0.573 e. The van der Waals surface area contributed by atoms with Crippen LogP contribution in [0, 0.1) is 6.92 Å². The summed E-state index contributed by atoms with van der Waals surface area (Å²) in [4.78, 5) is 10.5. The fourth-order valence-electron chi connectivity index (χ4n) is 0.840. The highest BCUT2D eigenvalue weighted by molar-refractivity contribution is 7.14. The van der Waals surface area contributed by atoms with E-state index in [0.29, 0.717) is 4.88 Å². The van der Waals surface area contributed by atoms with Crippen LogP contribution in [0.4, 0.5) is 13.2 Å². The van der Waals surface area contributed by atoms with E-state index in [9.17, 15) is 18.0 Å². The first kappa shape index (κ1) is 10.8. The van der Waals surface area contributed by atoms with Crippen molar-refractivity contribution in [1.82, 2.24) is 0 Å². The van der Waals surface area contributed by atoms with Crippen LogP contribution >= 0.6 is 11.3 Å². The fraction of sp³-hybridized carbons (Fsp3) is 0.286. The van der Waals surface area contributed by atoms with Crippen molar-refractivity contribution in [2.24, 2.45) is 0 Å². The number of halogens is 3. The van der Waals surface area contributed by atoms with E-state index in [1.165, 1.54) is 6.92 Å². The standard InChI is InChI=1S/C7H5F3O3S/c1-3-2-4(13-7(8,9)10)5(14-3)6(11)12/h2H,1H3,(H,11,12). The summed E-state index contributed by atoms with van der Waals surface area (Å²) in [5.41, 5.74) is 0. The third-order valence-corrected chi connectivity index (χ3v) is 2.26. The Morgan fingerprint density at radius 1 is 1.57 bits per heavy atom. The van der Waals surface area contributed by atoms with E-state index in [-0.39, 0.29) is 0 Å². The minimum absolute atomic E-state index is 0.445. The van der Waals surface area contributed by atoms with E-state index in [1.54, 1.807) is 0 Å². The second-order valence-electron chi connectivity index (χ2n) is 2.40. The first-order valence-electron chi connectivity index (χ1n) is 3.39. The minimum Gasteiger partial charge on any atom is -0.477 e. The quantitative estimate of drug-likeness (QED) is 0.843. The van der Waals surface area contributed by atoms with Crippen LogP contribution in [-0.2, 0) is 0 Å². The maximum absolute atomic E-state index is 11.8. The monoisotopic (exact) mass is 226 g/mol. The lowest BCUT2D eigenvalue weighted by molar-refractivity contribution is -0.274. The van der Waals surface area contributed by atoms with Gasteiger partial charge in [-0.2, -0.15) is 0 Å². The van der Waals surface area contributed by atoms with Gasteiger partial charge in [0.15, 0.2) is 10.6 Å². The Morgan fingerprint density at radius 3 is 2.57 bits per heavy atom. The molecule has 1 heterocycles. The van der Waals surface area contributed by atoms with E-state index in [2.05, 4.69) is 4.74 Å². The summed E-state index contributed by atoms with van der Waals surface area (Å²) >= 11 is 0.739. The first-order chi connectivity index (χ1) is 6.29. The number of ether oxygens (including phenoxy) is 1. The van der Waals surface area contributed by atoms with Gasteiger partial charge in [-0.25, -0.2) is 4.79 Å². The Bertz CT molecular complexity index is 356. The lowest BCUT2D eigenvalue weighted by Gasteiger charge is -2.07. The highest BCUT2D eigenvalue weighted by Crippen LogP contribution is 2.32. The Morgan fingerprint density at radius 2 is 2.14 bits per heavy atom. The number of thiophene rings is 1. The summed E-state index contributed by atoms with van der Waals surface area (Å²) in [7, 11) is 0. The van der Waals surface area contributed by atoms with Crippen molar-refractivity contribution in [3.05, 3.63) is 15.8 Å². The molecule has 0 fully saturated rings. The highest BCUT2D eigenvalue weighted by Gasteiger charge is 2.33. The molecule has 0 aliphatic carbocycles. The van der Waals surface area contributed by atoms with Gasteiger partial charge in [0.05, 0.1) is 0 Å². The second-order valence-corrected chi connectivity index (χ2v) is 3.66. The molecule has 0 saturated carbocycles. The van der Waals surface area contributed by atoms with Gasteiger partial charge < -0.3 is 9.84 Å². The summed E-state index contributed by atoms with van der Waals surface area (Å²) in [5, 5.41) is 8.54. The lowest BCUT2D eigenvalue weighted by atomic mass is 10.4. The number of carbonyl (C=O) groups is 1. The van der Waals surface area contributed by atoms with Crippen LogP contribution < -0.4 is 4.74 Å². The SMILES string of the molecule is Cc1cc(OC(F)(F)F)c(C(=O)O)s1. The molecular weight excluding hydrogens is 221 g/mol. The van der Waals surface area contributed by atoms with Gasteiger partial charge in [-0.15, -0.1) is 24.5 Å². The van der Waals surface area contributed by atoms with Crippen LogP contribution in [0.2, 0.25) is 0 Å². The van der Waals surface area contributed by atoms with Crippen molar-refractivity contribution >= 4 is 17.3 Å². The number of hydrogen-bond acceptors (Lipinski definition) is 3. The van der Waals surface area contributed by atoms with Crippen molar-refractivity contribution < 1.29 is 27.8 Å². The molecule has 0 radical (unpaired) electrons. The molecule has 1 aromatic heterocycles. The van der Waals surface area contributed by atoms with Gasteiger partial charge in [0.1, 0.15) is 0 Å². The normalized spacial score (nSPS) is 11.4. The molecule has 0 spiro atoms. The molecule has 0 saturated heterocycles. The molecule has 3 nitrogen and oxygen atoms in total. The molecule has 0 amide bonds. The molecule has 14 heavy (non-hydrogen) atoms. The van der Waals surface area contributed by atoms with Gasteiger partial charge in [0, 0.05) is 4.88 Å². The summed E-state index contributed by atoms with van der Waals surface area (Å²) in [6, 6.07) is 1.04. The van der Waals surface area contributed by atoms with Crippen LogP contribution in [0.15, 0.2) is 6.07 Å². The molecule has 0 aliphatic heterocycles. The number of carboxylic acid groups (broad SMARTS) is 1. The highest BCUT2D eigenvalue weighted by atomic mass is 32.1. The Balaban J connectivity index is 3.02. The maximum atomic E-state index is 11.8. The van der Waals surface area contributed by atoms with Crippen LogP contribution in [0.5, 0.6) is 5.75 Å². The molecule has 78 valence electrons. The van der Waals surface area contributed by atoms with Crippen LogP contribution in [-0.4, -0.2) is 17.4 Å². The summed E-state index contributed by atoms with van der Waals surface area (Å²) in [6.45, 7) is 1.50. The largest absolute Gasteiger partial charge is 0.573 e. The average molecular weight is 226 g/mol. The van der Waals surface area contributed by atoms with Crippen LogP contribution in [0.25, 0.3) is 0 Å². The fourth-order valence-corrected chi connectivity index (χ4v) is 1.62. The predicted molar refractivity (Wildman–Crippen MR) is 42.7 cm³/mol. The second kappa shape index (κ2) is 3.49. The van der Waals surface area contributed by atoms with Gasteiger partial charge in [-0.3, -0.25) is 0 Å². The molecule has 7 heteroatoms. The zero-order valence-corrected chi connectivity index (χ0v) is 7.70.